The fourth-order valence-corrected chi connectivity index (χ4v) is 0.702. The first-order chi connectivity index (χ1) is 3.22. The maximum absolute atomic E-state index is 11.5. The third-order valence-electron chi connectivity index (χ3n) is 1.50. The number of hydrogen-bond acceptors (Lipinski definition) is 0. The van der Waals surface area contributed by atoms with Crippen molar-refractivity contribution in [2.45, 2.75) is 19.8 Å². The Labute approximate surface area is 41.5 Å². The Morgan fingerprint density at radius 1 is 1.57 bits per heavy atom. The van der Waals surface area contributed by atoms with Crippen molar-refractivity contribution >= 4 is 0 Å². The minimum Gasteiger partial charge on any atom is -0.210 e. The van der Waals surface area contributed by atoms with Gasteiger partial charge in [0.05, 0.1) is 0 Å². The van der Waals surface area contributed by atoms with Gasteiger partial charge in [-0.2, -0.15) is 0 Å². The third-order valence-corrected chi connectivity index (χ3v) is 1.50. The topological polar surface area (TPSA) is 0 Å². The quantitative estimate of drug-likeness (QED) is 0.479. The standard InChI is InChI=1S/C5H8F2/c1-3-2-4(3)5(6)7/h3-5H,2H2,1H3/t3-,4+/m1/s1. The summed E-state index contributed by atoms with van der Waals surface area (Å²) in [5.41, 5.74) is 0. The van der Waals surface area contributed by atoms with Crippen molar-refractivity contribution in [3.8, 4) is 0 Å². The van der Waals surface area contributed by atoms with Gasteiger partial charge >= 0.3 is 0 Å². The van der Waals surface area contributed by atoms with Gasteiger partial charge < -0.3 is 0 Å². The van der Waals surface area contributed by atoms with Gasteiger partial charge in [-0.3, -0.25) is 0 Å². The van der Waals surface area contributed by atoms with Gasteiger partial charge in [-0.05, 0) is 12.3 Å². The first kappa shape index (κ1) is 5.01. The molecule has 0 aliphatic heterocycles. The number of hydrogen-bond donors (Lipinski definition) is 0. The lowest BCUT2D eigenvalue weighted by Gasteiger charge is -1.88. The summed E-state index contributed by atoms with van der Waals surface area (Å²) in [6.45, 7) is 1.86. The second kappa shape index (κ2) is 1.42. The molecule has 2 heteroatoms. The smallest absolute Gasteiger partial charge is 0.210 e. The molecule has 0 unspecified atom stereocenters. The zero-order valence-electron chi connectivity index (χ0n) is 4.20. The Kier molecular flexibility index (Phi) is 1.02. The highest BCUT2D eigenvalue weighted by Crippen LogP contribution is 2.42. The summed E-state index contributed by atoms with van der Waals surface area (Å²) in [5, 5.41) is 0. The van der Waals surface area contributed by atoms with Crippen LogP contribution in [0.1, 0.15) is 13.3 Å². The van der Waals surface area contributed by atoms with Crippen LogP contribution in [0, 0.1) is 11.8 Å². The van der Waals surface area contributed by atoms with Gasteiger partial charge in [0, 0.05) is 5.92 Å². The van der Waals surface area contributed by atoms with E-state index < -0.39 is 6.43 Å². The van der Waals surface area contributed by atoms with E-state index >= 15 is 0 Å². The molecule has 42 valence electrons. The average molecular weight is 106 g/mol. The molecule has 1 fully saturated rings. The van der Waals surface area contributed by atoms with Crippen LogP contribution in [0.2, 0.25) is 0 Å². The summed E-state index contributed by atoms with van der Waals surface area (Å²) in [4.78, 5) is 0. The Balaban J connectivity index is 2.20. The number of halogens is 2. The zero-order valence-corrected chi connectivity index (χ0v) is 4.20. The molecule has 0 N–H and O–H groups in total. The first-order valence-corrected chi connectivity index (χ1v) is 2.50. The molecule has 0 heterocycles. The van der Waals surface area contributed by atoms with Crippen LogP contribution in [0.4, 0.5) is 8.78 Å². The maximum Gasteiger partial charge on any atom is 0.241 e. The molecule has 0 amide bonds. The lowest BCUT2D eigenvalue weighted by molar-refractivity contribution is 0.117. The van der Waals surface area contributed by atoms with Crippen molar-refractivity contribution in [2.75, 3.05) is 0 Å². The van der Waals surface area contributed by atoms with E-state index in [-0.39, 0.29) is 5.92 Å². The molecule has 7 heavy (non-hydrogen) atoms. The van der Waals surface area contributed by atoms with E-state index in [1.807, 2.05) is 6.92 Å². The van der Waals surface area contributed by atoms with Crippen molar-refractivity contribution in [1.82, 2.24) is 0 Å². The van der Waals surface area contributed by atoms with Crippen molar-refractivity contribution in [1.29, 1.82) is 0 Å². The van der Waals surface area contributed by atoms with Crippen LogP contribution >= 0.6 is 0 Å². The summed E-state index contributed by atoms with van der Waals surface area (Å²) in [5.74, 6) is 0.0278. The van der Waals surface area contributed by atoms with Crippen LogP contribution in [0.5, 0.6) is 0 Å². The molecule has 2 atom stereocenters. The first-order valence-electron chi connectivity index (χ1n) is 2.50. The van der Waals surface area contributed by atoms with Gasteiger partial charge in [0.25, 0.3) is 0 Å². The van der Waals surface area contributed by atoms with E-state index in [1.54, 1.807) is 0 Å². The lowest BCUT2D eigenvalue weighted by atomic mass is 10.4. The molecule has 0 saturated heterocycles. The van der Waals surface area contributed by atoms with E-state index in [9.17, 15) is 8.78 Å². The molecule has 0 radical (unpaired) electrons. The minimum absolute atomic E-state index is 0.264. The van der Waals surface area contributed by atoms with Crippen LogP contribution in [0.3, 0.4) is 0 Å². The predicted octanol–water partition coefficient (Wildman–Crippen LogP) is 1.91. The lowest BCUT2D eigenvalue weighted by Crippen LogP contribution is -1.92. The highest BCUT2D eigenvalue weighted by Gasteiger charge is 2.40. The molecular weight excluding hydrogens is 98.1 g/mol. The number of rotatable bonds is 1. The Morgan fingerprint density at radius 2 is 2.00 bits per heavy atom. The van der Waals surface area contributed by atoms with Gasteiger partial charge in [0.15, 0.2) is 0 Å². The Morgan fingerprint density at radius 3 is 2.00 bits per heavy atom. The number of alkyl halides is 2. The van der Waals surface area contributed by atoms with Gasteiger partial charge in [0.1, 0.15) is 0 Å². The largest absolute Gasteiger partial charge is 0.241 e. The van der Waals surface area contributed by atoms with E-state index in [0.717, 1.165) is 6.42 Å². The molecular formula is C5H8F2. The Hall–Kier alpha value is -0.140. The normalized spacial score (nSPS) is 39.4. The molecule has 0 aromatic heterocycles. The second-order valence-electron chi connectivity index (χ2n) is 2.21. The van der Waals surface area contributed by atoms with E-state index in [0.29, 0.717) is 5.92 Å². The molecule has 0 aromatic rings. The van der Waals surface area contributed by atoms with Gasteiger partial charge in [-0.15, -0.1) is 0 Å². The van der Waals surface area contributed by atoms with E-state index in [4.69, 9.17) is 0 Å². The van der Waals surface area contributed by atoms with Gasteiger partial charge in [-0.25, -0.2) is 8.78 Å². The zero-order chi connectivity index (χ0) is 5.44. The molecule has 0 nitrogen and oxygen atoms in total. The summed E-state index contributed by atoms with van der Waals surface area (Å²) in [7, 11) is 0. The van der Waals surface area contributed by atoms with Crippen LogP contribution in [0.15, 0.2) is 0 Å². The summed E-state index contributed by atoms with van der Waals surface area (Å²) in [6, 6.07) is 0. The molecule has 0 aromatic carbocycles. The Bertz CT molecular complexity index is 70.5. The monoisotopic (exact) mass is 106 g/mol. The van der Waals surface area contributed by atoms with Crippen LogP contribution in [-0.2, 0) is 0 Å². The summed E-state index contributed by atoms with van der Waals surface area (Å²) >= 11 is 0. The average Bonchev–Trinajstić information content (AvgIpc) is 2.17. The van der Waals surface area contributed by atoms with Crippen LogP contribution in [0.25, 0.3) is 0 Å². The maximum atomic E-state index is 11.5. The molecule has 0 bridgehead atoms. The van der Waals surface area contributed by atoms with Crippen molar-refractivity contribution < 1.29 is 8.78 Å². The minimum atomic E-state index is -2.06. The highest BCUT2D eigenvalue weighted by molar-refractivity contribution is 4.83. The second-order valence-corrected chi connectivity index (χ2v) is 2.21. The van der Waals surface area contributed by atoms with Crippen molar-refractivity contribution in [2.24, 2.45) is 11.8 Å². The third kappa shape index (κ3) is 0.898. The van der Waals surface area contributed by atoms with E-state index in [2.05, 4.69) is 0 Å². The molecule has 1 aliphatic rings. The SMILES string of the molecule is C[C@@H]1C[C@@H]1C(F)F. The summed E-state index contributed by atoms with van der Waals surface area (Å²) in [6.07, 6.45) is -1.33. The fraction of sp³-hybridized carbons (Fsp3) is 1.00. The van der Waals surface area contributed by atoms with Gasteiger partial charge in [0.2, 0.25) is 6.43 Å². The fourth-order valence-electron chi connectivity index (χ4n) is 0.702. The molecule has 1 rings (SSSR count). The van der Waals surface area contributed by atoms with Crippen molar-refractivity contribution in [3.05, 3.63) is 0 Å². The molecule has 1 saturated carbocycles. The molecule has 0 spiro atoms. The summed E-state index contributed by atoms with van der Waals surface area (Å²) < 4.78 is 22.9. The predicted molar refractivity (Wildman–Crippen MR) is 23.3 cm³/mol. The van der Waals surface area contributed by atoms with Crippen LogP contribution in [-0.4, -0.2) is 6.43 Å². The van der Waals surface area contributed by atoms with Gasteiger partial charge in [-0.1, -0.05) is 6.92 Å². The van der Waals surface area contributed by atoms with Crippen molar-refractivity contribution in [3.63, 3.8) is 0 Å². The molecule has 1 aliphatic carbocycles. The van der Waals surface area contributed by atoms with E-state index in [1.165, 1.54) is 0 Å². The van der Waals surface area contributed by atoms with Crippen LogP contribution < -0.4 is 0 Å². The highest BCUT2D eigenvalue weighted by atomic mass is 19.3.